The minimum atomic E-state index is 0.0613. The molecule has 0 spiro atoms. The Bertz CT molecular complexity index is 235. The van der Waals surface area contributed by atoms with Crippen LogP contribution in [0.2, 0.25) is 0 Å². The molecule has 3 N–H and O–H groups in total. The molecule has 0 bridgehead atoms. The van der Waals surface area contributed by atoms with E-state index in [1.807, 2.05) is 0 Å². The molecular weight excluding hydrogens is 162 g/mol. The fraction of sp³-hybridized carbons (Fsp3) is 0.500. The third kappa shape index (κ3) is 1.36. The smallest absolute Gasteiger partial charge is 0.152 e. The molecule has 1 rings (SSSR count). The van der Waals surface area contributed by atoms with Crippen molar-refractivity contribution in [3.63, 3.8) is 0 Å². The average molecular weight is 171 g/mol. The molecule has 1 saturated carbocycles. The van der Waals surface area contributed by atoms with Crippen molar-refractivity contribution in [2.45, 2.75) is 19.3 Å². The molecule has 0 aromatic rings. The maximum atomic E-state index is 8.50. The lowest BCUT2D eigenvalue weighted by Gasteiger charge is -2.13. The van der Waals surface area contributed by atoms with Gasteiger partial charge in [-0.15, -0.1) is 0 Å². The molecule has 6 heteroatoms. The lowest BCUT2D eigenvalue weighted by molar-refractivity contribution is 0.309. The van der Waals surface area contributed by atoms with Crippen LogP contribution in [0.3, 0.4) is 0 Å². The van der Waals surface area contributed by atoms with Crippen molar-refractivity contribution < 1.29 is 15.6 Å². The second kappa shape index (κ2) is 3.70. The molecule has 0 unspecified atom stereocenters. The molecule has 0 saturated heterocycles. The van der Waals surface area contributed by atoms with Gasteiger partial charge in [0.15, 0.2) is 5.71 Å². The summed E-state index contributed by atoms with van der Waals surface area (Å²) in [5.41, 5.74) is 0.555. The van der Waals surface area contributed by atoms with Crippen LogP contribution in [0.15, 0.2) is 15.5 Å². The number of hydrogen-bond acceptors (Lipinski definition) is 6. The van der Waals surface area contributed by atoms with Crippen LogP contribution in [0.5, 0.6) is 0 Å². The molecule has 0 aromatic heterocycles. The summed E-state index contributed by atoms with van der Waals surface area (Å²) in [7, 11) is 0. The fourth-order valence-corrected chi connectivity index (χ4v) is 1.14. The Morgan fingerprint density at radius 3 is 1.67 bits per heavy atom. The molecule has 0 atom stereocenters. The van der Waals surface area contributed by atoms with Gasteiger partial charge in [-0.1, -0.05) is 15.5 Å². The van der Waals surface area contributed by atoms with Crippen molar-refractivity contribution in [2.24, 2.45) is 15.5 Å². The highest BCUT2D eigenvalue weighted by atomic mass is 16.4. The molecule has 66 valence electrons. The molecular formula is C6H9N3O3. The Balaban J connectivity index is 2.97. The average Bonchev–Trinajstić information content (AvgIpc) is 2.16. The summed E-state index contributed by atoms with van der Waals surface area (Å²) in [6.07, 6.45) is 1.77. The number of rotatable bonds is 0. The molecule has 0 amide bonds. The lowest BCUT2D eigenvalue weighted by Crippen LogP contribution is -2.29. The van der Waals surface area contributed by atoms with Crippen LogP contribution in [0.4, 0.5) is 0 Å². The monoisotopic (exact) mass is 171 g/mol. The van der Waals surface area contributed by atoms with Crippen molar-refractivity contribution >= 4 is 17.1 Å². The maximum absolute atomic E-state index is 8.50. The largest absolute Gasteiger partial charge is 0.411 e. The van der Waals surface area contributed by atoms with Gasteiger partial charge in [0.2, 0.25) is 0 Å². The summed E-state index contributed by atoms with van der Waals surface area (Å²) >= 11 is 0. The summed E-state index contributed by atoms with van der Waals surface area (Å²) in [5.74, 6) is 0. The first-order chi connectivity index (χ1) is 5.83. The standard InChI is InChI=1S/C6H9N3O3/c10-7-4-2-1-3-5(8-11)6(4)9-12/h10-12H,1-3H2/b7-4-,8-5?,9-6?. The van der Waals surface area contributed by atoms with E-state index in [0.29, 0.717) is 12.8 Å². The minimum absolute atomic E-state index is 0.0613. The van der Waals surface area contributed by atoms with E-state index in [1.54, 1.807) is 0 Å². The van der Waals surface area contributed by atoms with Crippen LogP contribution in [-0.2, 0) is 0 Å². The Hall–Kier alpha value is -1.59. The summed E-state index contributed by atoms with van der Waals surface area (Å²) in [6, 6.07) is 0. The van der Waals surface area contributed by atoms with Gasteiger partial charge < -0.3 is 15.6 Å². The zero-order valence-corrected chi connectivity index (χ0v) is 6.30. The highest BCUT2D eigenvalue weighted by molar-refractivity contribution is 6.69. The first-order valence-corrected chi connectivity index (χ1v) is 3.48. The van der Waals surface area contributed by atoms with Crippen molar-refractivity contribution in [1.82, 2.24) is 0 Å². The molecule has 1 aliphatic rings. The molecule has 1 aliphatic carbocycles. The van der Waals surface area contributed by atoms with Crippen LogP contribution in [0, 0.1) is 0 Å². The number of hydrogen-bond donors (Lipinski definition) is 3. The van der Waals surface area contributed by atoms with Crippen molar-refractivity contribution in [3.8, 4) is 0 Å². The lowest BCUT2D eigenvalue weighted by atomic mass is 9.94. The molecule has 0 aromatic carbocycles. The highest BCUT2D eigenvalue weighted by Crippen LogP contribution is 2.11. The highest BCUT2D eigenvalue weighted by Gasteiger charge is 2.23. The Kier molecular flexibility index (Phi) is 2.62. The number of oxime groups is 3. The van der Waals surface area contributed by atoms with Gasteiger partial charge in [0.1, 0.15) is 11.4 Å². The van der Waals surface area contributed by atoms with Gasteiger partial charge in [-0.25, -0.2) is 0 Å². The maximum Gasteiger partial charge on any atom is 0.152 e. The second-order valence-electron chi connectivity index (χ2n) is 2.40. The van der Waals surface area contributed by atoms with Gasteiger partial charge in [0.25, 0.3) is 0 Å². The van der Waals surface area contributed by atoms with Crippen LogP contribution >= 0.6 is 0 Å². The molecule has 12 heavy (non-hydrogen) atoms. The van der Waals surface area contributed by atoms with Crippen molar-refractivity contribution in [3.05, 3.63) is 0 Å². The predicted molar refractivity (Wildman–Crippen MR) is 41.5 cm³/mol. The quantitative estimate of drug-likeness (QED) is 0.369. The van der Waals surface area contributed by atoms with Gasteiger partial charge in [-0.05, 0) is 19.3 Å². The fourth-order valence-electron chi connectivity index (χ4n) is 1.14. The SMILES string of the molecule is ON=C1CCC/C(=N/O)C1=NO. The third-order valence-electron chi connectivity index (χ3n) is 1.72. The topological polar surface area (TPSA) is 97.8 Å². The van der Waals surface area contributed by atoms with Crippen LogP contribution in [0.25, 0.3) is 0 Å². The van der Waals surface area contributed by atoms with E-state index in [-0.39, 0.29) is 17.1 Å². The van der Waals surface area contributed by atoms with E-state index in [9.17, 15) is 0 Å². The van der Waals surface area contributed by atoms with Crippen LogP contribution in [-0.4, -0.2) is 32.8 Å². The Labute approximate surface area is 68.5 Å². The van der Waals surface area contributed by atoms with Crippen LogP contribution < -0.4 is 0 Å². The van der Waals surface area contributed by atoms with Crippen molar-refractivity contribution in [2.75, 3.05) is 0 Å². The van der Waals surface area contributed by atoms with Gasteiger partial charge in [-0.3, -0.25) is 0 Å². The third-order valence-corrected chi connectivity index (χ3v) is 1.72. The van der Waals surface area contributed by atoms with E-state index >= 15 is 0 Å². The van der Waals surface area contributed by atoms with Gasteiger partial charge in [0.05, 0.1) is 0 Å². The molecule has 0 radical (unpaired) electrons. The van der Waals surface area contributed by atoms with Gasteiger partial charge in [0, 0.05) is 0 Å². The number of nitrogens with zero attached hydrogens (tertiary/aromatic N) is 3. The van der Waals surface area contributed by atoms with E-state index in [4.69, 9.17) is 15.6 Å². The van der Waals surface area contributed by atoms with Crippen molar-refractivity contribution in [1.29, 1.82) is 0 Å². The first kappa shape index (κ1) is 8.51. The summed E-state index contributed by atoms with van der Waals surface area (Å²) in [6.45, 7) is 0. The molecule has 0 heterocycles. The zero-order valence-electron chi connectivity index (χ0n) is 6.30. The van der Waals surface area contributed by atoms with E-state index < -0.39 is 0 Å². The predicted octanol–water partition coefficient (Wildman–Crippen LogP) is 0.661. The molecule has 6 nitrogen and oxygen atoms in total. The first-order valence-electron chi connectivity index (χ1n) is 3.48. The summed E-state index contributed by atoms with van der Waals surface area (Å²) in [5, 5.41) is 34.2. The molecule has 0 aliphatic heterocycles. The molecule has 1 fully saturated rings. The summed E-state index contributed by atoms with van der Waals surface area (Å²) in [4.78, 5) is 0. The summed E-state index contributed by atoms with van der Waals surface area (Å²) < 4.78 is 0. The van der Waals surface area contributed by atoms with E-state index in [2.05, 4.69) is 15.5 Å². The van der Waals surface area contributed by atoms with Crippen LogP contribution in [0.1, 0.15) is 19.3 Å². The normalized spacial score (nSPS) is 28.5. The van der Waals surface area contributed by atoms with E-state index in [1.165, 1.54) is 0 Å². The zero-order chi connectivity index (χ0) is 8.97. The minimum Gasteiger partial charge on any atom is -0.411 e. The Morgan fingerprint density at radius 1 is 0.833 bits per heavy atom. The Morgan fingerprint density at radius 2 is 1.33 bits per heavy atom. The van der Waals surface area contributed by atoms with E-state index in [0.717, 1.165) is 6.42 Å². The van der Waals surface area contributed by atoms with Gasteiger partial charge in [-0.2, -0.15) is 0 Å². The van der Waals surface area contributed by atoms with Gasteiger partial charge >= 0.3 is 0 Å². The second-order valence-corrected chi connectivity index (χ2v) is 2.40.